The van der Waals surface area contributed by atoms with Gasteiger partial charge in [-0.2, -0.15) is 0 Å². The van der Waals surface area contributed by atoms with Crippen molar-refractivity contribution in [1.82, 2.24) is 0 Å². The van der Waals surface area contributed by atoms with Gasteiger partial charge in [0.2, 0.25) is 0 Å². The Morgan fingerprint density at radius 3 is 2.64 bits per heavy atom. The molecule has 0 saturated heterocycles. The van der Waals surface area contributed by atoms with Gasteiger partial charge in [-0.05, 0) is 30.6 Å². The lowest BCUT2D eigenvalue weighted by atomic mass is 9.76. The largest absolute Gasteiger partial charge is 0.396 e. The molecule has 0 aromatic rings. The molecule has 1 N–H and O–H groups in total. The second kappa shape index (κ2) is 4.10. The Bertz CT molecular complexity index is 109. The second-order valence-electron chi connectivity index (χ2n) is 4.22. The Balaban J connectivity index is 2.33. The van der Waals surface area contributed by atoms with E-state index in [0.717, 1.165) is 11.8 Å². The van der Waals surface area contributed by atoms with Gasteiger partial charge in [0.15, 0.2) is 0 Å². The third-order valence-corrected chi connectivity index (χ3v) is 3.02. The van der Waals surface area contributed by atoms with Crippen molar-refractivity contribution in [2.75, 3.05) is 6.61 Å². The van der Waals surface area contributed by atoms with Gasteiger partial charge in [0, 0.05) is 6.61 Å². The van der Waals surface area contributed by atoms with Crippen molar-refractivity contribution in [2.24, 2.45) is 17.8 Å². The van der Waals surface area contributed by atoms with E-state index in [1.54, 1.807) is 0 Å². The van der Waals surface area contributed by atoms with E-state index in [0.29, 0.717) is 12.5 Å². The van der Waals surface area contributed by atoms with E-state index >= 15 is 0 Å². The van der Waals surface area contributed by atoms with Crippen molar-refractivity contribution >= 4 is 0 Å². The van der Waals surface area contributed by atoms with Gasteiger partial charge in [-0.25, -0.2) is 0 Å². The SMILES string of the molecule is CC(C)[C@H]1CCC[C@H](CO)C1. The molecule has 1 aliphatic carbocycles. The molecule has 0 unspecified atom stereocenters. The lowest BCUT2D eigenvalue weighted by molar-refractivity contribution is 0.141. The van der Waals surface area contributed by atoms with E-state index in [1.165, 1.54) is 25.7 Å². The van der Waals surface area contributed by atoms with Crippen LogP contribution in [0.15, 0.2) is 0 Å². The summed E-state index contributed by atoms with van der Waals surface area (Å²) in [6.07, 6.45) is 5.22. The predicted molar refractivity (Wildman–Crippen MR) is 47.4 cm³/mol. The van der Waals surface area contributed by atoms with Crippen LogP contribution in [-0.2, 0) is 0 Å². The van der Waals surface area contributed by atoms with Crippen molar-refractivity contribution < 1.29 is 5.11 Å². The molecule has 0 radical (unpaired) electrons. The number of hydrogen-bond donors (Lipinski definition) is 1. The molecule has 2 atom stereocenters. The summed E-state index contributed by atoms with van der Waals surface area (Å²) in [7, 11) is 0. The first-order chi connectivity index (χ1) is 5.24. The smallest absolute Gasteiger partial charge is 0.0459 e. The summed E-state index contributed by atoms with van der Waals surface area (Å²) in [6, 6.07) is 0. The summed E-state index contributed by atoms with van der Waals surface area (Å²) in [4.78, 5) is 0. The van der Waals surface area contributed by atoms with Crippen LogP contribution in [0.5, 0.6) is 0 Å². The van der Waals surface area contributed by atoms with Crippen molar-refractivity contribution in [3.05, 3.63) is 0 Å². The van der Waals surface area contributed by atoms with Crippen molar-refractivity contribution in [3.63, 3.8) is 0 Å². The first-order valence-electron chi connectivity index (χ1n) is 4.85. The second-order valence-corrected chi connectivity index (χ2v) is 4.22. The fraction of sp³-hybridized carbons (Fsp3) is 1.00. The maximum Gasteiger partial charge on any atom is 0.0459 e. The van der Waals surface area contributed by atoms with Gasteiger partial charge in [-0.3, -0.25) is 0 Å². The predicted octanol–water partition coefficient (Wildman–Crippen LogP) is 2.44. The van der Waals surface area contributed by atoms with E-state index in [2.05, 4.69) is 13.8 Å². The Hall–Kier alpha value is -0.0400. The molecular formula is C10H20O. The molecule has 1 heteroatoms. The minimum Gasteiger partial charge on any atom is -0.396 e. The zero-order chi connectivity index (χ0) is 8.27. The summed E-state index contributed by atoms with van der Waals surface area (Å²) < 4.78 is 0. The summed E-state index contributed by atoms with van der Waals surface area (Å²) in [6.45, 7) is 5.00. The number of rotatable bonds is 2. The highest BCUT2D eigenvalue weighted by Crippen LogP contribution is 2.33. The lowest BCUT2D eigenvalue weighted by Gasteiger charge is -2.30. The first-order valence-corrected chi connectivity index (χ1v) is 4.85. The molecular weight excluding hydrogens is 136 g/mol. The van der Waals surface area contributed by atoms with Gasteiger partial charge in [0.25, 0.3) is 0 Å². The Labute approximate surface area is 69.8 Å². The van der Waals surface area contributed by atoms with E-state index in [-0.39, 0.29) is 0 Å². The Morgan fingerprint density at radius 1 is 1.36 bits per heavy atom. The molecule has 1 aliphatic rings. The molecule has 1 nitrogen and oxygen atoms in total. The van der Waals surface area contributed by atoms with Gasteiger partial charge in [-0.15, -0.1) is 0 Å². The van der Waals surface area contributed by atoms with E-state index in [9.17, 15) is 0 Å². The molecule has 0 aromatic carbocycles. The minimum atomic E-state index is 0.406. The van der Waals surface area contributed by atoms with Crippen LogP contribution in [-0.4, -0.2) is 11.7 Å². The summed E-state index contributed by atoms with van der Waals surface area (Å²) in [5.74, 6) is 2.29. The van der Waals surface area contributed by atoms with Gasteiger partial charge in [0.1, 0.15) is 0 Å². The van der Waals surface area contributed by atoms with Crippen LogP contribution in [0.4, 0.5) is 0 Å². The average Bonchev–Trinajstić information content (AvgIpc) is 2.05. The van der Waals surface area contributed by atoms with Crippen molar-refractivity contribution in [1.29, 1.82) is 0 Å². The fourth-order valence-corrected chi connectivity index (χ4v) is 2.10. The summed E-state index contributed by atoms with van der Waals surface area (Å²) in [5.41, 5.74) is 0. The molecule has 0 spiro atoms. The van der Waals surface area contributed by atoms with Gasteiger partial charge in [-0.1, -0.05) is 26.7 Å². The maximum absolute atomic E-state index is 8.99. The normalized spacial score (nSPS) is 32.7. The standard InChI is InChI=1S/C10H20O/c1-8(2)10-5-3-4-9(6-10)7-11/h8-11H,3-7H2,1-2H3/t9-,10-/m0/s1. The first kappa shape index (κ1) is 9.05. The maximum atomic E-state index is 8.99. The molecule has 1 rings (SSSR count). The average molecular weight is 156 g/mol. The Kier molecular flexibility index (Phi) is 3.38. The van der Waals surface area contributed by atoms with Gasteiger partial charge >= 0.3 is 0 Å². The van der Waals surface area contributed by atoms with Crippen LogP contribution in [0.1, 0.15) is 39.5 Å². The molecule has 1 fully saturated rings. The highest BCUT2D eigenvalue weighted by Gasteiger charge is 2.23. The highest BCUT2D eigenvalue weighted by molar-refractivity contribution is 4.74. The Morgan fingerprint density at radius 2 is 2.09 bits per heavy atom. The molecule has 0 aliphatic heterocycles. The van der Waals surface area contributed by atoms with Crippen molar-refractivity contribution in [3.8, 4) is 0 Å². The van der Waals surface area contributed by atoms with Crippen LogP contribution >= 0.6 is 0 Å². The van der Waals surface area contributed by atoms with Crippen LogP contribution in [0.25, 0.3) is 0 Å². The molecule has 0 aromatic heterocycles. The quantitative estimate of drug-likeness (QED) is 0.651. The van der Waals surface area contributed by atoms with E-state index in [1.807, 2.05) is 0 Å². The molecule has 0 heterocycles. The third kappa shape index (κ3) is 2.48. The summed E-state index contributed by atoms with van der Waals surface area (Å²) >= 11 is 0. The molecule has 0 amide bonds. The molecule has 66 valence electrons. The van der Waals surface area contributed by atoms with Gasteiger partial charge in [0.05, 0.1) is 0 Å². The zero-order valence-electron chi connectivity index (χ0n) is 7.71. The van der Waals surface area contributed by atoms with Gasteiger partial charge < -0.3 is 5.11 Å². The highest BCUT2D eigenvalue weighted by atomic mass is 16.3. The summed E-state index contributed by atoms with van der Waals surface area (Å²) in [5, 5.41) is 8.99. The number of aliphatic hydroxyl groups is 1. The minimum absolute atomic E-state index is 0.406. The van der Waals surface area contributed by atoms with E-state index < -0.39 is 0 Å². The molecule has 1 saturated carbocycles. The number of hydrogen-bond acceptors (Lipinski definition) is 1. The lowest BCUT2D eigenvalue weighted by Crippen LogP contribution is -2.21. The van der Waals surface area contributed by atoms with Crippen LogP contribution in [0, 0.1) is 17.8 Å². The van der Waals surface area contributed by atoms with E-state index in [4.69, 9.17) is 5.11 Å². The third-order valence-electron chi connectivity index (χ3n) is 3.02. The molecule has 0 bridgehead atoms. The molecule has 11 heavy (non-hydrogen) atoms. The zero-order valence-corrected chi connectivity index (χ0v) is 7.71. The number of aliphatic hydroxyl groups excluding tert-OH is 1. The topological polar surface area (TPSA) is 20.2 Å². The van der Waals surface area contributed by atoms with Crippen molar-refractivity contribution in [2.45, 2.75) is 39.5 Å². The van der Waals surface area contributed by atoms with Crippen LogP contribution < -0.4 is 0 Å². The fourth-order valence-electron chi connectivity index (χ4n) is 2.10. The van der Waals surface area contributed by atoms with Crippen LogP contribution in [0.3, 0.4) is 0 Å². The van der Waals surface area contributed by atoms with Crippen LogP contribution in [0.2, 0.25) is 0 Å². The monoisotopic (exact) mass is 156 g/mol.